The Morgan fingerprint density at radius 1 is 1.09 bits per heavy atom. The van der Waals surface area contributed by atoms with E-state index in [1.165, 1.54) is 17.7 Å². The molecule has 0 radical (unpaired) electrons. The van der Waals surface area contributed by atoms with Crippen LogP contribution in [0.2, 0.25) is 0 Å². The molecular formula is C24H20N6O2S. The highest BCUT2D eigenvalue weighted by Crippen LogP contribution is 2.39. The SMILES string of the molecule is Cn1cnc(-c2cccc(OC(=O)NCc3ccccc3)c2)c1-c1cc2c(N)ncnc2s1. The number of nitrogens with zero attached hydrogens (tertiary/aromatic N) is 4. The molecule has 0 unspecified atom stereocenters. The second-order valence-corrected chi connectivity index (χ2v) is 8.43. The number of nitrogens with one attached hydrogen (secondary N) is 1. The van der Waals surface area contributed by atoms with Crippen LogP contribution in [0.15, 0.2) is 73.3 Å². The zero-order valence-corrected chi connectivity index (χ0v) is 18.5. The number of hydrogen-bond acceptors (Lipinski definition) is 7. The van der Waals surface area contributed by atoms with E-state index in [0.29, 0.717) is 18.1 Å². The van der Waals surface area contributed by atoms with E-state index in [9.17, 15) is 4.79 Å². The first-order chi connectivity index (χ1) is 16.1. The van der Waals surface area contributed by atoms with Gasteiger partial charge in [-0.25, -0.2) is 19.7 Å². The Kier molecular flexibility index (Phi) is 5.45. The number of hydrogen-bond donors (Lipinski definition) is 2. The standard InChI is InChI=1S/C24H20N6O2S/c1-30-14-29-20(21(30)19-11-18-22(25)27-13-28-23(18)33-19)16-8-5-9-17(10-16)32-24(31)26-12-15-6-3-2-4-7-15/h2-11,13-14H,12H2,1H3,(H,26,31)(H2,25,27,28). The Balaban J connectivity index is 1.40. The van der Waals surface area contributed by atoms with Crippen molar-refractivity contribution in [3.8, 4) is 27.6 Å². The molecule has 0 aliphatic rings. The number of anilines is 1. The number of ether oxygens (including phenoxy) is 1. The van der Waals surface area contributed by atoms with Crippen LogP contribution in [-0.4, -0.2) is 25.6 Å². The molecule has 0 saturated heterocycles. The minimum absolute atomic E-state index is 0.391. The van der Waals surface area contributed by atoms with Gasteiger partial charge in [0.1, 0.15) is 22.7 Å². The maximum Gasteiger partial charge on any atom is 0.412 e. The second kappa shape index (κ2) is 8.71. The summed E-state index contributed by atoms with van der Waals surface area (Å²) in [5.74, 6) is 0.879. The van der Waals surface area contributed by atoms with Crippen molar-refractivity contribution < 1.29 is 9.53 Å². The van der Waals surface area contributed by atoms with Crippen LogP contribution < -0.4 is 15.8 Å². The van der Waals surface area contributed by atoms with Gasteiger partial charge >= 0.3 is 6.09 Å². The minimum Gasteiger partial charge on any atom is -0.410 e. The number of fused-ring (bicyclic) bond motifs is 1. The van der Waals surface area contributed by atoms with Gasteiger partial charge in [0.2, 0.25) is 0 Å². The zero-order valence-electron chi connectivity index (χ0n) is 17.7. The molecule has 0 bridgehead atoms. The Hall–Kier alpha value is -4.24. The topological polar surface area (TPSA) is 108 Å². The van der Waals surface area contributed by atoms with Crippen molar-refractivity contribution in [2.75, 3.05) is 5.73 Å². The molecule has 0 aliphatic heterocycles. The Morgan fingerprint density at radius 3 is 2.76 bits per heavy atom. The van der Waals surface area contributed by atoms with E-state index < -0.39 is 6.09 Å². The molecule has 3 aromatic heterocycles. The average molecular weight is 457 g/mol. The van der Waals surface area contributed by atoms with Gasteiger partial charge < -0.3 is 20.4 Å². The molecule has 33 heavy (non-hydrogen) atoms. The maximum absolute atomic E-state index is 12.3. The Morgan fingerprint density at radius 2 is 1.94 bits per heavy atom. The molecule has 3 heterocycles. The fourth-order valence-corrected chi connectivity index (χ4v) is 4.64. The quantitative estimate of drug-likeness (QED) is 0.399. The first-order valence-corrected chi connectivity index (χ1v) is 11.0. The number of carbonyl (C=O) groups is 1. The molecule has 0 fully saturated rings. The third-order valence-electron chi connectivity index (χ3n) is 5.13. The van der Waals surface area contributed by atoms with E-state index in [1.54, 1.807) is 18.5 Å². The molecule has 5 rings (SSSR count). The van der Waals surface area contributed by atoms with Crippen LogP contribution in [-0.2, 0) is 13.6 Å². The van der Waals surface area contributed by atoms with Gasteiger partial charge in [0, 0.05) is 19.2 Å². The molecular weight excluding hydrogens is 436 g/mol. The fourth-order valence-electron chi connectivity index (χ4n) is 3.54. The summed E-state index contributed by atoms with van der Waals surface area (Å²) in [6.07, 6.45) is 2.70. The van der Waals surface area contributed by atoms with Crippen molar-refractivity contribution in [3.63, 3.8) is 0 Å². The van der Waals surface area contributed by atoms with Crippen LogP contribution in [0.4, 0.5) is 10.6 Å². The third kappa shape index (κ3) is 4.26. The van der Waals surface area contributed by atoms with Gasteiger partial charge in [-0.05, 0) is 23.8 Å². The molecule has 164 valence electrons. The number of nitrogen functional groups attached to an aromatic ring is 1. The summed E-state index contributed by atoms with van der Waals surface area (Å²) in [4.78, 5) is 27.1. The monoisotopic (exact) mass is 456 g/mol. The van der Waals surface area contributed by atoms with Crippen LogP contribution in [0.5, 0.6) is 5.75 Å². The lowest BCUT2D eigenvalue weighted by molar-refractivity contribution is 0.200. The van der Waals surface area contributed by atoms with Crippen LogP contribution in [0.3, 0.4) is 0 Å². The highest BCUT2D eigenvalue weighted by Gasteiger charge is 2.18. The van der Waals surface area contributed by atoms with Gasteiger partial charge in [-0.1, -0.05) is 42.5 Å². The van der Waals surface area contributed by atoms with Gasteiger partial charge in [0.05, 0.1) is 28.0 Å². The van der Waals surface area contributed by atoms with Crippen LogP contribution in [0.25, 0.3) is 32.0 Å². The molecule has 0 aliphatic carbocycles. The van der Waals surface area contributed by atoms with Crippen molar-refractivity contribution in [1.82, 2.24) is 24.8 Å². The molecule has 0 spiro atoms. The summed E-state index contributed by atoms with van der Waals surface area (Å²) in [5, 5.41) is 3.58. The summed E-state index contributed by atoms with van der Waals surface area (Å²) in [5.41, 5.74) is 9.53. The van der Waals surface area contributed by atoms with Crippen molar-refractivity contribution >= 4 is 33.5 Å². The van der Waals surface area contributed by atoms with Gasteiger partial charge in [0.25, 0.3) is 0 Å². The van der Waals surface area contributed by atoms with E-state index >= 15 is 0 Å². The molecule has 5 aromatic rings. The number of thiophene rings is 1. The van der Waals surface area contributed by atoms with Crippen molar-refractivity contribution in [2.45, 2.75) is 6.54 Å². The molecule has 1 amide bonds. The number of benzene rings is 2. The van der Waals surface area contributed by atoms with Gasteiger partial charge in [-0.15, -0.1) is 11.3 Å². The Labute approximate surface area is 193 Å². The predicted octanol–water partition coefficient (Wildman–Crippen LogP) is 4.63. The number of imidazole rings is 1. The van der Waals surface area contributed by atoms with E-state index in [0.717, 1.165) is 37.6 Å². The fraction of sp³-hybridized carbons (Fsp3) is 0.0833. The first kappa shape index (κ1) is 20.7. The van der Waals surface area contributed by atoms with Crippen molar-refractivity contribution in [1.29, 1.82) is 0 Å². The van der Waals surface area contributed by atoms with Crippen LogP contribution in [0, 0.1) is 0 Å². The number of aryl methyl sites for hydroxylation is 1. The molecule has 0 atom stereocenters. The van der Waals surface area contributed by atoms with Crippen molar-refractivity contribution in [2.24, 2.45) is 7.05 Å². The predicted molar refractivity (Wildman–Crippen MR) is 129 cm³/mol. The van der Waals surface area contributed by atoms with Crippen molar-refractivity contribution in [3.05, 3.63) is 78.9 Å². The van der Waals surface area contributed by atoms with Crippen LogP contribution in [0.1, 0.15) is 5.56 Å². The summed E-state index contributed by atoms with van der Waals surface area (Å²) < 4.78 is 7.45. The number of aromatic nitrogens is 4. The molecule has 3 N–H and O–H groups in total. The molecule has 8 nitrogen and oxygen atoms in total. The maximum atomic E-state index is 12.3. The number of rotatable bonds is 5. The summed E-state index contributed by atoms with van der Waals surface area (Å²) in [6, 6.07) is 19.0. The van der Waals surface area contributed by atoms with Gasteiger partial charge in [-0.2, -0.15) is 0 Å². The highest BCUT2D eigenvalue weighted by molar-refractivity contribution is 7.21. The van der Waals surface area contributed by atoms with Gasteiger partial charge in [-0.3, -0.25) is 0 Å². The van der Waals surface area contributed by atoms with E-state index in [2.05, 4.69) is 20.3 Å². The average Bonchev–Trinajstić information content (AvgIpc) is 3.43. The summed E-state index contributed by atoms with van der Waals surface area (Å²) >= 11 is 1.52. The lowest BCUT2D eigenvalue weighted by atomic mass is 10.1. The lowest BCUT2D eigenvalue weighted by Crippen LogP contribution is -2.26. The lowest BCUT2D eigenvalue weighted by Gasteiger charge is -2.09. The highest BCUT2D eigenvalue weighted by atomic mass is 32.1. The second-order valence-electron chi connectivity index (χ2n) is 7.40. The van der Waals surface area contributed by atoms with E-state index in [4.69, 9.17) is 10.5 Å². The normalized spacial score (nSPS) is 10.9. The first-order valence-electron chi connectivity index (χ1n) is 10.2. The largest absolute Gasteiger partial charge is 0.412 e. The third-order valence-corrected chi connectivity index (χ3v) is 6.18. The summed E-state index contributed by atoms with van der Waals surface area (Å²) in [7, 11) is 1.93. The zero-order chi connectivity index (χ0) is 22.8. The number of carbonyl (C=O) groups excluding carboxylic acids is 1. The summed E-state index contributed by atoms with van der Waals surface area (Å²) in [6.45, 7) is 0.391. The smallest absolute Gasteiger partial charge is 0.410 e. The molecule has 9 heteroatoms. The van der Waals surface area contributed by atoms with Crippen LogP contribution >= 0.6 is 11.3 Å². The van der Waals surface area contributed by atoms with E-state index in [-0.39, 0.29) is 0 Å². The molecule has 0 saturated carbocycles. The number of amides is 1. The van der Waals surface area contributed by atoms with Gasteiger partial charge in [0.15, 0.2) is 0 Å². The van der Waals surface area contributed by atoms with E-state index in [1.807, 2.05) is 60.1 Å². The minimum atomic E-state index is -0.518. The number of nitrogens with two attached hydrogens (primary N) is 1. The molecule has 2 aromatic carbocycles. The Bertz CT molecular complexity index is 1440.